The van der Waals surface area contributed by atoms with Crippen molar-refractivity contribution in [1.29, 1.82) is 0 Å². The SMILES string of the molecule is CC(=O)N1CCN(c2cc(C(=O)Nc3ccc4c(c3)OCCO4)nc(C)n2)CC1. The number of hydrogen-bond donors (Lipinski definition) is 1. The summed E-state index contributed by atoms with van der Waals surface area (Å²) in [5.74, 6) is 2.23. The summed E-state index contributed by atoms with van der Waals surface area (Å²) in [6.07, 6.45) is 0. The van der Waals surface area contributed by atoms with E-state index >= 15 is 0 Å². The third-order valence-corrected chi connectivity index (χ3v) is 4.91. The summed E-state index contributed by atoms with van der Waals surface area (Å²) >= 11 is 0. The fraction of sp³-hybridized carbons (Fsp3) is 0.400. The van der Waals surface area contributed by atoms with Crippen molar-refractivity contribution in [3.05, 3.63) is 35.8 Å². The molecule has 0 radical (unpaired) electrons. The first kappa shape index (κ1) is 19.0. The Labute approximate surface area is 168 Å². The molecule has 2 aliphatic rings. The van der Waals surface area contributed by atoms with Crippen molar-refractivity contribution < 1.29 is 19.1 Å². The Morgan fingerprint density at radius 1 is 1.00 bits per heavy atom. The molecule has 1 fully saturated rings. The van der Waals surface area contributed by atoms with E-state index in [1.165, 1.54) is 0 Å². The van der Waals surface area contributed by atoms with Crippen molar-refractivity contribution in [2.24, 2.45) is 0 Å². The number of aromatic nitrogens is 2. The number of rotatable bonds is 3. The number of fused-ring (bicyclic) bond motifs is 1. The number of carbonyl (C=O) groups excluding carboxylic acids is 2. The molecule has 9 nitrogen and oxygen atoms in total. The van der Waals surface area contributed by atoms with Crippen LogP contribution in [0.2, 0.25) is 0 Å². The van der Waals surface area contributed by atoms with Crippen LogP contribution in [-0.2, 0) is 4.79 Å². The minimum absolute atomic E-state index is 0.0722. The Hall–Kier alpha value is -3.36. The van der Waals surface area contributed by atoms with Crippen LogP contribution >= 0.6 is 0 Å². The van der Waals surface area contributed by atoms with E-state index in [1.54, 1.807) is 43.0 Å². The zero-order valence-electron chi connectivity index (χ0n) is 16.5. The number of benzene rings is 1. The second-order valence-corrected chi connectivity index (χ2v) is 6.96. The second kappa shape index (κ2) is 7.94. The number of hydrogen-bond acceptors (Lipinski definition) is 7. The number of piperazine rings is 1. The van der Waals surface area contributed by atoms with E-state index in [-0.39, 0.29) is 17.5 Å². The van der Waals surface area contributed by atoms with E-state index in [9.17, 15) is 9.59 Å². The number of aryl methyl sites for hydroxylation is 1. The van der Waals surface area contributed by atoms with E-state index in [0.717, 1.165) is 0 Å². The maximum Gasteiger partial charge on any atom is 0.274 e. The molecule has 1 saturated heterocycles. The molecule has 4 rings (SSSR count). The molecule has 9 heteroatoms. The first-order valence-corrected chi connectivity index (χ1v) is 9.57. The van der Waals surface area contributed by atoms with Crippen molar-refractivity contribution in [3.63, 3.8) is 0 Å². The average Bonchev–Trinajstić information content (AvgIpc) is 2.73. The van der Waals surface area contributed by atoms with Crippen LogP contribution in [0.3, 0.4) is 0 Å². The molecule has 2 amide bonds. The predicted octanol–water partition coefficient (Wildman–Crippen LogP) is 1.48. The highest BCUT2D eigenvalue weighted by atomic mass is 16.6. The van der Waals surface area contributed by atoms with Gasteiger partial charge in [0.25, 0.3) is 5.91 Å². The number of anilines is 2. The van der Waals surface area contributed by atoms with Crippen LogP contribution in [0, 0.1) is 6.92 Å². The van der Waals surface area contributed by atoms with Crippen molar-refractivity contribution in [2.45, 2.75) is 13.8 Å². The number of nitrogens with zero attached hydrogens (tertiary/aromatic N) is 4. The molecule has 29 heavy (non-hydrogen) atoms. The Balaban J connectivity index is 1.48. The van der Waals surface area contributed by atoms with Crippen LogP contribution in [0.15, 0.2) is 24.3 Å². The molecule has 0 aliphatic carbocycles. The van der Waals surface area contributed by atoms with Gasteiger partial charge in [0.2, 0.25) is 5.91 Å². The normalized spacial score (nSPS) is 15.8. The number of ether oxygens (including phenoxy) is 2. The summed E-state index contributed by atoms with van der Waals surface area (Å²) in [6, 6.07) is 6.96. The van der Waals surface area contributed by atoms with Gasteiger partial charge in [-0.15, -0.1) is 0 Å². The maximum absolute atomic E-state index is 12.8. The van der Waals surface area contributed by atoms with Gasteiger partial charge in [0.1, 0.15) is 30.5 Å². The molecule has 1 N–H and O–H groups in total. The predicted molar refractivity (Wildman–Crippen MR) is 107 cm³/mol. The van der Waals surface area contributed by atoms with Gasteiger partial charge in [-0.05, 0) is 19.1 Å². The van der Waals surface area contributed by atoms with Crippen LogP contribution in [-0.4, -0.2) is 66.1 Å². The van der Waals surface area contributed by atoms with Crippen LogP contribution in [0.5, 0.6) is 11.5 Å². The molecule has 152 valence electrons. The second-order valence-electron chi connectivity index (χ2n) is 6.96. The molecule has 2 aromatic rings. The molecule has 1 aromatic carbocycles. The lowest BCUT2D eigenvalue weighted by atomic mass is 10.2. The lowest BCUT2D eigenvalue weighted by molar-refractivity contribution is -0.129. The minimum Gasteiger partial charge on any atom is -0.486 e. The van der Waals surface area contributed by atoms with Crippen molar-refractivity contribution >= 4 is 23.3 Å². The highest BCUT2D eigenvalue weighted by Gasteiger charge is 2.21. The Kier molecular flexibility index (Phi) is 5.20. The van der Waals surface area contributed by atoms with Crippen molar-refractivity contribution in [3.8, 4) is 11.5 Å². The first-order valence-electron chi connectivity index (χ1n) is 9.57. The molecular weight excluding hydrogens is 374 g/mol. The molecule has 0 unspecified atom stereocenters. The lowest BCUT2D eigenvalue weighted by Gasteiger charge is -2.35. The summed E-state index contributed by atoms with van der Waals surface area (Å²) in [7, 11) is 0. The van der Waals surface area contributed by atoms with Crippen LogP contribution in [0.1, 0.15) is 23.2 Å². The van der Waals surface area contributed by atoms with Crippen molar-refractivity contribution in [2.75, 3.05) is 49.6 Å². The molecule has 2 aliphatic heterocycles. The van der Waals surface area contributed by atoms with Gasteiger partial charge in [0.15, 0.2) is 11.5 Å². The van der Waals surface area contributed by atoms with E-state index in [1.807, 2.05) is 0 Å². The van der Waals surface area contributed by atoms with Gasteiger partial charge < -0.3 is 24.6 Å². The van der Waals surface area contributed by atoms with Crippen LogP contribution < -0.4 is 19.7 Å². The third-order valence-electron chi connectivity index (χ3n) is 4.91. The van der Waals surface area contributed by atoms with E-state index in [2.05, 4.69) is 20.2 Å². The standard InChI is InChI=1S/C20H23N5O4/c1-13-21-16(12-19(22-13)25-7-5-24(6-8-25)14(2)26)20(27)23-15-3-4-17-18(11-15)29-10-9-28-17/h3-4,11-12H,5-10H2,1-2H3,(H,23,27). The van der Waals surface area contributed by atoms with Gasteiger partial charge in [0.05, 0.1) is 0 Å². The van der Waals surface area contributed by atoms with Gasteiger partial charge in [-0.1, -0.05) is 0 Å². The van der Waals surface area contributed by atoms with Gasteiger partial charge >= 0.3 is 0 Å². The summed E-state index contributed by atoms with van der Waals surface area (Å²) in [5, 5.41) is 2.85. The molecule has 1 aromatic heterocycles. The number of amides is 2. The lowest BCUT2D eigenvalue weighted by Crippen LogP contribution is -2.48. The summed E-state index contributed by atoms with van der Waals surface area (Å²) < 4.78 is 11.1. The topological polar surface area (TPSA) is 96.9 Å². The largest absolute Gasteiger partial charge is 0.486 e. The summed E-state index contributed by atoms with van der Waals surface area (Å²) in [6.45, 7) is 6.94. The highest BCUT2D eigenvalue weighted by molar-refractivity contribution is 6.03. The third kappa shape index (κ3) is 4.23. The zero-order valence-corrected chi connectivity index (χ0v) is 16.5. The Morgan fingerprint density at radius 3 is 2.45 bits per heavy atom. The van der Waals surface area contributed by atoms with E-state index in [4.69, 9.17) is 9.47 Å². The number of carbonyl (C=O) groups is 2. The fourth-order valence-corrected chi connectivity index (χ4v) is 3.40. The molecular formula is C20H23N5O4. The minimum atomic E-state index is -0.323. The van der Waals surface area contributed by atoms with Gasteiger partial charge in [-0.3, -0.25) is 9.59 Å². The average molecular weight is 397 g/mol. The monoisotopic (exact) mass is 397 g/mol. The van der Waals surface area contributed by atoms with Crippen molar-refractivity contribution in [1.82, 2.24) is 14.9 Å². The molecule has 0 bridgehead atoms. The fourth-order valence-electron chi connectivity index (χ4n) is 3.40. The van der Waals surface area contributed by atoms with Gasteiger partial charge in [0, 0.05) is 50.9 Å². The Morgan fingerprint density at radius 2 is 1.72 bits per heavy atom. The quantitative estimate of drug-likeness (QED) is 0.838. The highest BCUT2D eigenvalue weighted by Crippen LogP contribution is 2.32. The number of nitrogens with one attached hydrogen (secondary N) is 1. The first-order chi connectivity index (χ1) is 14.0. The molecule has 0 saturated carbocycles. The Bertz CT molecular complexity index is 940. The van der Waals surface area contributed by atoms with Gasteiger partial charge in [-0.25, -0.2) is 9.97 Å². The summed E-state index contributed by atoms with van der Waals surface area (Å²) in [5.41, 5.74) is 0.892. The van der Waals surface area contributed by atoms with E-state index < -0.39 is 0 Å². The van der Waals surface area contributed by atoms with Crippen LogP contribution in [0.25, 0.3) is 0 Å². The smallest absolute Gasteiger partial charge is 0.274 e. The maximum atomic E-state index is 12.8. The summed E-state index contributed by atoms with van der Waals surface area (Å²) in [4.78, 5) is 36.9. The molecule has 3 heterocycles. The zero-order chi connectivity index (χ0) is 20.4. The van der Waals surface area contributed by atoms with E-state index in [0.29, 0.717) is 68.2 Å². The molecule has 0 atom stereocenters. The van der Waals surface area contributed by atoms with Crippen LogP contribution in [0.4, 0.5) is 11.5 Å². The van der Waals surface area contributed by atoms with Gasteiger partial charge in [-0.2, -0.15) is 0 Å². The molecule has 0 spiro atoms.